The molecule has 0 heterocycles. The molecule has 0 radical (unpaired) electrons. The molecule has 0 aromatic rings. The third-order valence-corrected chi connectivity index (χ3v) is 27.8. The van der Waals surface area contributed by atoms with E-state index in [4.69, 9.17) is 9.47 Å². The zero-order chi connectivity index (χ0) is 26.9. The molecular formula is C29H54O4SiSn. The molecule has 0 aliphatic heterocycles. The van der Waals surface area contributed by atoms with Crippen molar-refractivity contribution < 1.29 is 19.1 Å². The van der Waals surface area contributed by atoms with Gasteiger partial charge in [-0.3, -0.25) is 0 Å². The number of unbranched alkanes of at least 4 members (excludes halogenated alkanes) is 3. The number of allylic oxidation sites excluding steroid dienone is 2. The Morgan fingerprint density at radius 2 is 1.26 bits per heavy atom. The fourth-order valence-corrected chi connectivity index (χ4v) is 22.1. The van der Waals surface area contributed by atoms with Crippen LogP contribution in [-0.4, -0.2) is 52.6 Å². The van der Waals surface area contributed by atoms with Crippen molar-refractivity contribution in [1.82, 2.24) is 0 Å². The molecule has 35 heavy (non-hydrogen) atoms. The Bertz CT molecular complexity index is 738. The molecule has 0 spiro atoms. The predicted molar refractivity (Wildman–Crippen MR) is 154 cm³/mol. The Hall–Kier alpha value is -0.564. The van der Waals surface area contributed by atoms with Gasteiger partial charge in [0.2, 0.25) is 0 Å². The fraction of sp³-hybridized carbons (Fsp3) is 0.793. The first-order valence-electron chi connectivity index (χ1n) is 13.9. The zero-order valence-electron chi connectivity index (χ0n) is 24.6. The van der Waals surface area contributed by atoms with E-state index in [0.717, 1.165) is 0 Å². The van der Waals surface area contributed by atoms with Crippen molar-refractivity contribution in [1.29, 1.82) is 0 Å². The van der Waals surface area contributed by atoms with Crippen LogP contribution in [0.2, 0.25) is 31.4 Å². The van der Waals surface area contributed by atoms with Crippen molar-refractivity contribution in [2.24, 2.45) is 5.41 Å². The molecule has 1 rings (SSSR count). The summed E-state index contributed by atoms with van der Waals surface area (Å²) in [5, 5.41) is 0.180. The number of esters is 2. The predicted octanol–water partition coefficient (Wildman–Crippen LogP) is 8.40. The van der Waals surface area contributed by atoms with Crippen molar-refractivity contribution in [3.8, 4) is 0 Å². The zero-order valence-corrected chi connectivity index (χ0v) is 28.4. The summed E-state index contributed by atoms with van der Waals surface area (Å²) in [5.74, 6) is -0.907. The summed E-state index contributed by atoms with van der Waals surface area (Å²) in [4.78, 5) is 26.2. The summed E-state index contributed by atoms with van der Waals surface area (Å²) in [5.41, 5.74) is 3.73. The summed E-state index contributed by atoms with van der Waals surface area (Å²) >= 11 is -2.67. The minimum absolute atomic E-state index is 0.180. The quantitative estimate of drug-likeness (QED) is 0.119. The van der Waals surface area contributed by atoms with Crippen LogP contribution in [0.1, 0.15) is 92.9 Å². The summed E-state index contributed by atoms with van der Waals surface area (Å²) < 4.78 is 17.2. The minimum atomic E-state index is -2.67. The van der Waals surface area contributed by atoms with Gasteiger partial charge in [0.1, 0.15) is 0 Å². The molecule has 1 aliphatic rings. The summed E-state index contributed by atoms with van der Waals surface area (Å²) in [6.45, 7) is 18.6. The van der Waals surface area contributed by atoms with Gasteiger partial charge in [-0.25, -0.2) is 0 Å². The van der Waals surface area contributed by atoms with E-state index in [1.54, 1.807) is 0 Å². The molecule has 1 saturated carbocycles. The van der Waals surface area contributed by atoms with Crippen molar-refractivity contribution in [2.75, 3.05) is 14.2 Å². The SMILES string of the molecule is CCC[CH2][Sn](/[CH]=C1/CC(C(=O)OC)(C(=O)OC)C/C1=C/[Si](C)(C)C(C)(C)C)([CH2]CCC)[CH2]CCC. The first-order valence-corrected chi connectivity index (χ1v) is 24.7. The van der Waals surface area contributed by atoms with Gasteiger partial charge in [-0.05, 0) is 0 Å². The van der Waals surface area contributed by atoms with E-state index in [2.05, 4.69) is 64.4 Å². The Labute approximate surface area is 221 Å². The number of carbonyl (C=O) groups is 2. The van der Waals surface area contributed by atoms with Crippen LogP contribution >= 0.6 is 0 Å². The Morgan fingerprint density at radius 3 is 1.60 bits per heavy atom. The second-order valence-corrected chi connectivity index (χ2v) is 30.5. The van der Waals surface area contributed by atoms with E-state index in [1.165, 1.54) is 77.2 Å². The van der Waals surface area contributed by atoms with E-state index in [9.17, 15) is 9.59 Å². The van der Waals surface area contributed by atoms with Gasteiger partial charge in [-0.1, -0.05) is 0 Å². The third kappa shape index (κ3) is 8.21. The van der Waals surface area contributed by atoms with Crippen molar-refractivity contribution in [3.63, 3.8) is 0 Å². The molecule has 4 nitrogen and oxygen atoms in total. The summed E-state index contributed by atoms with van der Waals surface area (Å²) in [6, 6.07) is 0. The molecule has 0 aromatic heterocycles. The Kier molecular flexibility index (Phi) is 12.8. The molecular weight excluding hydrogens is 559 g/mol. The van der Waals surface area contributed by atoms with Gasteiger partial charge in [-0.2, -0.15) is 0 Å². The van der Waals surface area contributed by atoms with Crippen molar-refractivity contribution in [3.05, 3.63) is 20.9 Å². The number of ether oxygens (including phenoxy) is 2. The number of hydrogen-bond donors (Lipinski definition) is 0. The Balaban J connectivity index is 3.82. The maximum atomic E-state index is 13.1. The molecule has 1 aliphatic carbocycles. The fourth-order valence-electron chi connectivity index (χ4n) is 5.19. The number of hydrogen-bond acceptors (Lipinski definition) is 4. The number of carbonyl (C=O) groups excluding carboxylic acids is 2. The average molecular weight is 614 g/mol. The van der Waals surface area contributed by atoms with Crippen LogP contribution in [0.15, 0.2) is 20.9 Å². The van der Waals surface area contributed by atoms with E-state index < -0.39 is 43.8 Å². The Morgan fingerprint density at radius 1 is 0.857 bits per heavy atom. The van der Waals surface area contributed by atoms with E-state index in [0.29, 0.717) is 12.8 Å². The first-order chi connectivity index (χ1) is 16.3. The van der Waals surface area contributed by atoms with Gasteiger partial charge >= 0.3 is 222 Å². The molecule has 0 bridgehead atoms. The molecule has 0 saturated heterocycles. The molecule has 6 heteroatoms. The third-order valence-electron chi connectivity index (χ3n) is 8.58. The van der Waals surface area contributed by atoms with Crippen LogP contribution in [0.25, 0.3) is 0 Å². The molecule has 0 atom stereocenters. The molecule has 202 valence electrons. The standard InChI is InChI=1S/C17H27O4Si.3C4H9.Sn/c1-12-9-17(14(18)20-5,15(19)21-6)10-13(12)11-22(7,8)16(2,3)4;3*1-3-4-2;/h1,11H,9-10H2,2-8H3;3*1,3-4H2,2H3;/b12-1?,13-11-;;;;. The molecule has 0 N–H and O–H groups in total. The van der Waals surface area contributed by atoms with Crippen LogP contribution in [0.3, 0.4) is 0 Å². The maximum absolute atomic E-state index is 13.1. The van der Waals surface area contributed by atoms with Crippen LogP contribution < -0.4 is 0 Å². The van der Waals surface area contributed by atoms with Gasteiger partial charge < -0.3 is 0 Å². The van der Waals surface area contributed by atoms with Crippen molar-refractivity contribution in [2.45, 2.75) is 124 Å². The van der Waals surface area contributed by atoms with Crippen molar-refractivity contribution >= 4 is 38.4 Å². The monoisotopic (exact) mass is 614 g/mol. The number of methoxy groups -OCH3 is 2. The molecule has 0 unspecified atom stereocenters. The van der Waals surface area contributed by atoms with E-state index >= 15 is 0 Å². The van der Waals surface area contributed by atoms with Crippen LogP contribution in [0.4, 0.5) is 0 Å². The normalized spacial score (nSPS) is 18.8. The van der Waals surface area contributed by atoms with Gasteiger partial charge in [0, 0.05) is 0 Å². The topological polar surface area (TPSA) is 52.6 Å². The second kappa shape index (κ2) is 13.8. The molecule has 1 fully saturated rings. The van der Waals surface area contributed by atoms with Gasteiger partial charge in [0.25, 0.3) is 0 Å². The van der Waals surface area contributed by atoms with Crippen LogP contribution in [0, 0.1) is 5.41 Å². The van der Waals surface area contributed by atoms with E-state index in [-0.39, 0.29) is 5.04 Å². The first kappa shape index (κ1) is 32.5. The number of rotatable bonds is 13. The van der Waals surface area contributed by atoms with E-state index in [1.807, 2.05) is 0 Å². The van der Waals surface area contributed by atoms with Crippen LogP contribution in [-0.2, 0) is 19.1 Å². The van der Waals surface area contributed by atoms with Gasteiger partial charge in [0.15, 0.2) is 0 Å². The molecule has 0 amide bonds. The second-order valence-electron chi connectivity index (χ2n) is 12.4. The van der Waals surface area contributed by atoms with Gasteiger partial charge in [0.05, 0.1) is 0 Å². The van der Waals surface area contributed by atoms with Crippen LogP contribution in [0.5, 0.6) is 0 Å². The summed E-state index contributed by atoms with van der Waals surface area (Å²) in [7, 11) is 0.977. The van der Waals surface area contributed by atoms with Gasteiger partial charge in [-0.15, -0.1) is 0 Å². The molecule has 0 aromatic carbocycles. The summed E-state index contributed by atoms with van der Waals surface area (Å²) in [6.07, 6.45) is 8.36. The average Bonchev–Trinajstić information content (AvgIpc) is 3.15.